The fraction of sp³-hybridized carbons (Fsp3) is 0.364. The second kappa shape index (κ2) is 3.98. The molecule has 0 fully saturated rings. The van der Waals surface area contributed by atoms with Gasteiger partial charge in [0.1, 0.15) is 5.82 Å². The third-order valence-corrected chi connectivity index (χ3v) is 2.54. The zero-order valence-electron chi connectivity index (χ0n) is 8.92. The molecule has 0 bridgehead atoms. The van der Waals surface area contributed by atoms with E-state index < -0.39 is 0 Å². The van der Waals surface area contributed by atoms with E-state index in [0.717, 1.165) is 24.2 Å². The van der Waals surface area contributed by atoms with E-state index in [0.29, 0.717) is 5.39 Å². The minimum Gasteiger partial charge on any atom is -0.319 e. The lowest BCUT2D eigenvalue weighted by Crippen LogP contribution is -2.12. The molecule has 0 aliphatic rings. The third-order valence-electron chi connectivity index (χ3n) is 2.54. The Morgan fingerprint density at radius 3 is 3.00 bits per heavy atom. The van der Waals surface area contributed by atoms with E-state index in [1.54, 1.807) is 10.7 Å². The number of benzene rings is 1. The summed E-state index contributed by atoms with van der Waals surface area (Å²) < 4.78 is 15.4. The molecule has 0 unspecified atom stereocenters. The molecule has 4 heteroatoms. The van der Waals surface area contributed by atoms with Crippen LogP contribution in [0.15, 0.2) is 18.2 Å². The van der Waals surface area contributed by atoms with E-state index in [-0.39, 0.29) is 5.82 Å². The number of nitrogens with one attached hydrogen (secondary N) is 1. The first-order chi connectivity index (χ1) is 7.24. The molecule has 1 N–H and O–H groups in total. The fourth-order valence-corrected chi connectivity index (χ4v) is 1.80. The Balaban J connectivity index is 2.55. The van der Waals surface area contributed by atoms with Crippen molar-refractivity contribution in [3.8, 4) is 0 Å². The van der Waals surface area contributed by atoms with Crippen molar-refractivity contribution in [1.29, 1.82) is 0 Å². The minimum atomic E-state index is -0.188. The average molecular weight is 207 g/mol. The van der Waals surface area contributed by atoms with E-state index in [2.05, 4.69) is 10.4 Å². The van der Waals surface area contributed by atoms with Crippen molar-refractivity contribution in [2.45, 2.75) is 6.42 Å². The number of fused-ring (bicyclic) bond motifs is 1. The molecule has 0 aliphatic heterocycles. The molecule has 1 heterocycles. The number of halogens is 1. The van der Waals surface area contributed by atoms with Crippen LogP contribution in [0, 0.1) is 5.82 Å². The predicted octanol–water partition coefficient (Wildman–Crippen LogP) is 1.47. The molecule has 0 aliphatic carbocycles. The van der Waals surface area contributed by atoms with Crippen LogP contribution in [0.1, 0.15) is 5.69 Å². The smallest absolute Gasteiger partial charge is 0.134 e. The lowest BCUT2D eigenvalue weighted by atomic mass is 10.1. The van der Waals surface area contributed by atoms with Crippen LogP contribution in [0.5, 0.6) is 0 Å². The lowest BCUT2D eigenvalue weighted by molar-refractivity contribution is 0.635. The van der Waals surface area contributed by atoms with Crippen LogP contribution in [0.2, 0.25) is 0 Å². The molecule has 0 atom stereocenters. The van der Waals surface area contributed by atoms with Gasteiger partial charge in [-0.25, -0.2) is 4.39 Å². The summed E-state index contributed by atoms with van der Waals surface area (Å²) in [4.78, 5) is 0. The molecular weight excluding hydrogens is 193 g/mol. The largest absolute Gasteiger partial charge is 0.319 e. The molecule has 15 heavy (non-hydrogen) atoms. The Bertz CT molecular complexity index is 476. The quantitative estimate of drug-likeness (QED) is 0.826. The summed E-state index contributed by atoms with van der Waals surface area (Å²) in [7, 11) is 3.74. The Labute approximate surface area is 87.9 Å². The Kier molecular flexibility index (Phi) is 2.68. The molecule has 0 saturated carbocycles. The normalized spacial score (nSPS) is 11.1. The van der Waals surface area contributed by atoms with E-state index >= 15 is 0 Å². The summed E-state index contributed by atoms with van der Waals surface area (Å²) in [5.41, 5.74) is 1.67. The Morgan fingerprint density at radius 1 is 1.47 bits per heavy atom. The number of likely N-dealkylation sites (N-methyl/N-ethyl adjacent to an activating group) is 1. The third kappa shape index (κ3) is 1.72. The highest BCUT2D eigenvalue weighted by Crippen LogP contribution is 2.21. The van der Waals surface area contributed by atoms with Crippen LogP contribution in [0.25, 0.3) is 10.9 Å². The monoisotopic (exact) mass is 207 g/mol. The topological polar surface area (TPSA) is 29.9 Å². The first-order valence-corrected chi connectivity index (χ1v) is 4.98. The first-order valence-electron chi connectivity index (χ1n) is 4.98. The molecule has 1 aromatic heterocycles. The summed E-state index contributed by atoms with van der Waals surface area (Å²) in [6.07, 6.45) is 0.782. The van der Waals surface area contributed by atoms with Crippen molar-refractivity contribution < 1.29 is 4.39 Å². The summed E-state index contributed by atoms with van der Waals surface area (Å²) in [6, 6.07) is 5.00. The maximum absolute atomic E-state index is 13.6. The number of nitrogens with zero attached hydrogens (tertiary/aromatic N) is 2. The number of aromatic nitrogens is 2. The highest BCUT2D eigenvalue weighted by Gasteiger charge is 2.11. The van der Waals surface area contributed by atoms with Gasteiger partial charge in [0, 0.05) is 20.0 Å². The van der Waals surface area contributed by atoms with Gasteiger partial charge >= 0.3 is 0 Å². The molecule has 2 aromatic rings. The predicted molar refractivity (Wildman–Crippen MR) is 58.3 cm³/mol. The van der Waals surface area contributed by atoms with Gasteiger partial charge in [-0.3, -0.25) is 4.68 Å². The molecule has 0 saturated heterocycles. The van der Waals surface area contributed by atoms with Gasteiger partial charge in [-0.15, -0.1) is 0 Å². The van der Waals surface area contributed by atoms with Gasteiger partial charge < -0.3 is 5.32 Å². The second-order valence-electron chi connectivity index (χ2n) is 3.56. The average Bonchev–Trinajstić information content (AvgIpc) is 2.53. The highest BCUT2D eigenvalue weighted by molar-refractivity contribution is 5.82. The van der Waals surface area contributed by atoms with Crippen molar-refractivity contribution >= 4 is 10.9 Å². The molecule has 0 radical (unpaired) electrons. The van der Waals surface area contributed by atoms with Crippen LogP contribution < -0.4 is 5.32 Å². The lowest BCUT2D eigenvalue weighted by Gasteiger charge is -2.02. The van der Waals surface area contributed by atoms with Gasteiger partial charge in [0.15, 0.2) is 0 Å². The van der Waals surface area contributed by atoms with E-state index in [9.17, 15) is 4.39 Å². The van der Waals surface area contributed by atoms with Crippen LogP contribution in [-0.4, -0.2) is 23.4 Å². The van der Waals surface area contributed by atoms with Gasteiger partial charge in [0.05, 0.1) is 16.6 Å². The van der Waals surface area contributed by atoms with Crippen LogP contribution in [-0.2, 0) is 13.5 Å². The highest BCUT2D eigenvalue weighted by atomic mass is 19.1. The summed E-state index contributed by atoms with van der Waals surface area (Å²) >= 11 is 0. The van der Waals surface area contributed by atoms with Crippen LogP contribution in [0.4, 0.5) is 4.39 Å². The zero-order chi connectivity index (χ0) is 10.8. The number of hydrogen-bond acceptors (Lipinski definition) is 2. The fourth-order valence-electron chi connectivity index (χ4n) is 1.80. The Morgan fingerprint density at radius 2 is 2.27 bits per heavy atom. The standard InChI is InChI=1S/C11H14FN3/c1-13-7-6-10-11-8(12)4-3-5-9(11)14-15(10)2/h3-5,13H,6-7H2,1-2H3. The van der Waals surface area contributed by atoms with Gasteiger partial charge in [-0.05, 0) is 19.2 Å². The summed E-state index contributed by atoms with van der Waals surface area (Å²) in [5, 5.41) is 7.98. The van der Waals surface area contributed by atoms with Crippen LogP contribution >= 0.6 is 0 Å². The summed E-state index contributed by atoms with van der Waals surface area (Å²) in [6.45, 7) is 0.822. The van der Waals surface area contributed by atoms with Gasteiger partial charge in [-0.2, -0.15) is 5.10 Å². The van der Waals surface area contributed by atoms with Gasteiger partial charge in [0.2, 0.25) is 0 Å². The van der Waals surface area contributed by atoms with Gasteiger partial charge in [-0.1, -0.05) is 6.07 Å². The number of aryl methyl sites for hydroxylation is 1. The van der Waals surface area contributed by atoms with E-state index in [4.69, 9.17) is 0 Å². The van der Waals surface area contributed by atoms with Crippen molar-refractivity contribution in [3.63, 3.8) is 0 Å². The summed E-state index contributed by atoms with van der Waals surface area (Å²) in [5.74, 6) is -0.188. The van der Waals surface area contributed by atoms with E-state index in [1.165, 1.54) is 6.07 Å². The molecule has 0 spiro atoms. The van der Waals surface area contributed by atoms with Crippen molar-refractivity contribution in [2.24, 2.45) is 7.05 Å². The number of hydrogen-bond donors (Lipinski definition) is 1. The molecule has 1 aromatic carbocycles. The maximum atomic E-state index is 13.6. The minimum absolute atomic E-state index is 0.188. The molecular formula is C11H14FN3. The maximum Gasteiger partial charge on any atom is 0.134 e. The van der Waals surface area contributed by atoms with Crippen LogP contribution in [0.3, 0.4) is 0 Å². The van der Waals surface area contributed by atoms with Gasteiger partial charge in [0.25, 0.3) is 0 Å². The first kappa shape index (κ1) is 10.1. The van der Waals surface area contributed by atoms with Crippen molar-refractivity contribution in [3.05, 3.63) is 29.7 Å². The Hall–Kier alpha value is -1.42. The van der Waals surface area contributed by atoms with E-state index in [1.807, 2.05) is 20.2 Å². The zero-order valence-corrected chi connectivity index (χ0v) is 8.92. The molecule has 3 nitrogen and oxygen atoms in total. The SMILES string of the molecule is CNCCc1c2c(F)cccc2nn1C. The van der Waals surface area contributed by atoms with Crippen molar-refractivity contribution in [2.75, 3.05) is 13.6 Å². The molecule has 80 valence electrons. The van der Waals surface area contributed by atoms with Crippen molar-refractivity contribution in [1.82, 2.24) is 15.1 Å². The molecule has 2 rings (SSSR count). The second-order valence-corrected chi connectivity index (χ2v) is 3.56. The molecule has 0 amide bonds. The number of rotatable bonds is 3.